The van der Waals surface area contributed by atoms with Crippen molar-refractivity contribution in [2.24, 2.45) is 0 Å². The van der Waals surface area contributed by atoms with Crippen molar-refractivity contribution in [2.75, 3.05) is 4.90 Å². The summed E-state index contributed by atoms with van der Waals surface area (Å²) in [7, 11) is 0. The summed E-state index contributed by atoms with van der Waals surface area (Å²) in [6.45, 7) is 6.20. The summed E-state index contributed by atoms with van der Waals surface area (Å²) in [6, 6.07) is 22.0. The number of amides is 1. The molecule has 0 bridgehead atoms. The van der Waals surface area contributed by atoms with Gasteiger partial charge in [0.2, 0.25) is 0 Å². The van der Waals surface area contributed by atoms with Crippen LogP contribution in [0.5, 0.6) is 0 Å². The number of benzene rings is 3. The Bertz CT molecular complexity index is 1160. The monoisotopic (exact) mass is 478 g/mol. The predicted molar refractivity (Wildman–Crippen MR) is 126 cm³/mol. The van der Waals surface area contributed by atoms with Gasteiger partial charge >= 0.3 is 0 Å². The summed E-state index contributed by atoms with van der Waals surface area (Å²) in [5.74, 6) is -0.112. The molecular formula is C25H23BrN2O3. The molecule has 1 amide bonds. The fraction of sp³-hybridized carbons (Fsp3) is 0.240. The Kier molecular flexibility index (Phi) is 5.21. The molecule has 3 aromatic carbocycles. The molecular weight excluding hydrogens is 456 g/mol. The number of carbonyl (C=O) groups excluding carboxylic acids is 1. The second-order valence-electron chi connectivity index (χ2n) is 8.79. The maximum atomic E-state index is 13.6. The first-order valence-corrected chi connectivity index (χ1v) is 10.9. The number of anilines is 1. The summed E-state index contributed by atoms with van der Waals surface area (Å²) >= 11 is 3.48. The highest BCUT2D eigenvalue weighted by atomic mass is 79.9. The van der Waals surface area contributed by atoms with Crippen molar-refractivity contribution in [3.05, 3.63) is 104 Å². The first-order chi connectivity index (χ1) is 14.6. The molecule has 3 aromatic rings. The number of fused-ring (bicyclic) bond motifs is 1. The third-order valence-corrected chi connectivity index (χ3v) is 6.65. The molecule has 0 saturated carbocycles. The molecule has 0 fully saturated rings. The Morgan fingerprint density at radius 2 is 1.65 bits per heavy atom. The minimum absolute atomic E-state index is 0.0221. The van der Waals surface area contributed by atoms with Crippen LogP contribution in [0.1, 0.15) is 48.7 Å². The lowest BCUT2D eigenvalue weighted by atomic mass is 9.65. The summed E-state index contributed by atoms with van der Waals surface area (Å²) in [6.07, 6.45) is 0.619. The van der Waals surface area contributed by atoms with E-state index in [0.717, 1.165) is 15.6 Å². The summed E-state index contributed by atoms with van der Waals surface area (Å²) in [5.41, 5.74) is 2.14. The first kappa shape index (κ1) is 21.2. The van der Waals surface area contributed by atoms with E-state index in [1.807, 2.05) is 42.5 Å². The van der Waals surface area contributed by atoms with E-state index in [1.54, 1.807) is 29.2 Å². The maximum absolute atomic E-state index is 13.6. The van der Waals surface area contributed by atoms with Gasteiger partial charge in [0.25, 0.3) is 11.6 Å². The molecule has 1 unspecified atom stereocenters. The zero-order valence-electron chi connectivity index (χ0n) is 17.6. The Hall–Kier alpha value is -2.99. The van der Waals surface area contributed by atoms with Gasteiger partial charge in [-0.25, -0.2) is 0 Å². The molecule has 6 heteroatoms. The lowest BCUT2D eigenvalue weighted by molar-refractivity contribution is -0.385. The van der Waals surface area contributed by atoms with Crippen LogP contribution in [-0.4, -0.2) is 16.4 Å². The van der Waals surface area contributed by atoms with Crippen molar-refractivity contribution < 1.29 is 9.72 Å². The van der Waals surface area contributed by atoms with Crippen LogP contribution >= 0.6 is 15.9 Å². The lowest BCUT2D eigenvalue weighted by Crippen LogP contribution is -2.55. The van der Waals surface area contributed by atoms with Gasteiger partial charge in [0.15, 0.2) is 0 Å². The van der Waals surface area contributed by atoms with Crippen molar-refractivity contribution >= 4 is 33.2 Å². The van der Waals surface area contributed by atoms with Crippen molar-refractivity contribution in [2.45, 2.75) is 38.1 Å². The molecule has 0 spiro atoms. The summed E-state index contributed by atoms with van der Waals surface area (Å²) < 4.78 is 0.968. The molecule has 0 N–H and O–H groups in total. The second kappa shape index (κ2) is 7.61. The van der Waals surface area contributed by atoms with E-state index < -0.39 is 11.0 Å². The van der Waals surface area contributed by atoms with Gasteiger partial charge in [0.1, 0.15) is 0 Å². The number of nitrogens with zero attached hydrogens (tertiary/aromatic N) is 2. The standard InChI is InChI=1S/C25H23BrN2O3/c1-24(2)16-25(3,18-9-11-19(26)12-10-18)21-15-20(28(30)31)13-14-22(21)27(24)23(29)17-7-5-4-6-8-17/h4-15H,16H2,1-3H3. The number of nitro benzene ring substituents is 1. The highest BCUT2D eigenvalue weighted by Crippen LogP contribution is 2.51. The van der Waals surface area contributed by atoms with E-state index >= 15 is 0 Å². The highest BCUT2D eigenvalue weighted by Gasteiger charge is 2.48. The average molecular weight is 479 g/mol. The van der Waals surface area contributed by atoms with Gasteiger partial charge in [-0.15, -0.1) is 0 Å². The minimum Gasteiger partial charge on any atom is -0.302 e. The molecule has 0 aliphatic carbocycles. The van der Waals surface area contributed by atoms with Gasteiger partial charge in [-0.3, -0.25) is 14.9 Å². The van der Waals surface area contributed by atoms with Crippen LogP contribution in [0.3, 0.4) is 0 Å². The van der Waals surface area contributed by atoms with E-state index in [2.05, 4.69) is 36.7 Å². The Balaban J connectivity index is 1.96. The van der Waals surface area contributed by atoms with Crippen molar-refractivity contribution in [1.29, 1.82) is 0 Å². The average Bonchev–Trinajstić information content (AvgIpc) is 2.73. The molecule has 5 nitrogen and oxygen atoms in total. The quantitative estimate of drug-likeness (QED) is 0.319. The SMILES string of the molecule is CC1(c2ccc(Br)cc2)CC(C)(C)N(C(=O)c2ccccc2)c2ccc([N+](=O)[O-])cc21. The molecule has 0 aromatic heterocycles. The number of non-ortho nitro benzene ring substituents is 1. The summed E-state index contributed by atoms with van der Waals surface area (Å²) in [5, 5.41) is 11.6. The predicted octanol–water partition coefficient (Wildman–Crippen LogP) is 6.49. The number of nitro groups is 1. The lowest BCUT2D eigenvalue weighted by Gasteiger charge is -2.51. The molecule has 0 radical (unpaired) electrons. The van der Waals surface area contributed by atoms with Crippen LogP contribution in [0, 0.1) is 10.1 Å². The van der Waals surface area contributed by atoms with Crippen LogP contribution in [0.15, 0.2) is 77.3 Å². The van der Waals surface area contributed by atoms with Crippen molar-refractivity contribution in [1.82, 2.24) is 0 Å². The molecule has 0 saturated heterocycles. The smallest absolute Gasteiger partial charge is 0.269 e. The number of rotatable bonds is 3. The van der Waals surface area contributed by atoms with E-state index in [0.29, 0.717) is 17.7 Å². The van der Waals surface area contributed by atoms with Crippen molar-refractivity contribution in [3.63, 3.8) is 0 Å². The molecule has 158 valence electrons. The Morgan fingerprint density at radius 3 is 2.26 bits per heavy atom. The summed E-state index contributed by atoms with van der Waals surface area (Å²) in [4.78, 5) is 26.5. The molecule has 1 atom stereocenters. The number of hydrogen-bond donors (Lipinski definition) is 0. The topological polar surface area (TPSA) is 63.5 Å². The maximum Gasteiger partial charge on any atom is 0.269 e. The minimum atomic E-state index is -0.516. The van der Waals surface area contributed by atoms with Gasteiger partial charge < -0.3 is 4.90 Å². The highest BCUT2D eigenvalue weighted by molar-refractivity contribution is 9.10. The Labute approximate surface area is 190 Å². The molecule has 4 rings (SSSR count). The molecule has 1 aliphatic heterocycles. The molecule has 1 aliphatic rings. The number of hydrogen-bond acceptors (Lipinski definition) is 3. The number of halogens is 1. The van der Waals surface area contributed by atoms with Crippen LogP contribution in [-0.2, 0) is 5.41 Å². The normalized spacial score (nSPS) is 19.5. The van der Waals surface area contributed by atoms with E-state index in [1.165, 1.54) is 6.07 Å². The first-order valence-electron chi connectivity index (χ1n) is 10.1. The zero-order chi connectivity index (χ0) is 22.4. The third-order valence-electron chi connectivity index (χ3n) is 6.12. The molecule has 1 heterocycles. The molecule has 31 heavy (non-hydrogen) atoms. The third kappa shape index (κ3) is 3.65. The second-order valence-corrected chi connectivity index (χ2v) is 9.71. The van der Waals surface area contributed by atoms with E-state index in [-0.39, 0.29) is 16.5 Å². The van der Waals surface area contributed by atoms with E-state index in [4.69, 9.17) is 0 Å². The fourth-order valence-electron chi connectivity index (χ4n) is 4.81. The van der Waals surface area contributed by atoms with Crippen LogP contribution < -0.4 is 4.90 Å². The van der Waals surface area contributed by atoms with Crippen LogP contribution in [0.4, 0.5) is 11.4 Å². The van der Waals surface area contributed by atoms with Crippen LogP contribution in [0.25, 0.3) is 0 Å². The fourth-order valence-corrected chi connectivity index (χ4v) is 5.07. The van der Waals surface area contributed by atoms with Gasteiger partial charge in [-0.1, -0.05) is 53.2 Å². The zero-order valence-corrected chi connectivity index (χ0v) is 19.2. The Morgan fingerprint density at radius 1 is 1.00 bits per heavy atom. The largest absolute Gasteiger partial charge is 0.302 e. The van der Waals surface area contributed by atoms with E-state index in [9.17, 15) is 14.9 Å². The van der Waals surface area contributed by atoms with Gasteiger partial charge in [-0.2, -0.15) is 0 Å². The van der Waals surface area contributed by atoms with Gasteiger partial charge in [0.05, 0.1) is 4.92 Å². The van der Waals surface area contributed by atoms with Crippen LogP contribution in [0.2, 0.25) is 0 Å². The van der Waals surface area contributed by atoms with Gasteiger partial charge in [-0.05, 0) is 61.7 Å². The number of carbonyl (C=O) groups is 1. The van der Waals surface area contributed by atoms with Crippen molar-refractivity contribution in [3.8, 4) is 0 Å². The van der Waals surface area contributed by atoms with Gasteiger partial charge in [0, 0.05) is 38.8 Å².